The van der Waals surface area contributed by atoms with Crippen LogP contribution in [0.2, 0.25) is 0 Å². The molecule has 2 atom stereocenters. The molecule has 1 aliphatic carbocycles. The Morgan fingerprint density at radius 2 is 2.27 bits per heavy atom. The molecule has 0 aromatic carbocycles. The highest BCUT2D eigenvalue weighted by Crippen LogP contribution is 2.18. The first-order chi connectivity index (χ1) is 7.15. The number of carbonyl (C=O) groups excluding carboxylic acids is 1. The number of carboxylic acid groups (broad SMARTS) is 1. The van der Waals surface area contributed by atoms with E-state index < -0.39 is 12.0 Å². The van der Waals surface area contributed by atoms with Crippen LogP contribution >= 0.6 is 0 Å². The molecule has 0 saturated heterocycles. The number of carboxylic acids is 1. The average Bonchev–Trinajstić information content (AvgIpc) is 2.26. The minimum Gasteiger partial charge on any atom is -0.480 e. The van der Waals surface area contributed by atoms with Gasteiger partial charge in [-0.25, -0.2) is 4.79 Å². The molecule has 0 aromatic rings. The quantitative estimate of drug-likeness (QED) is 0.689. The summed E-state index contributed by atoms with van der Waals surface area (Å²) in [6.07, 6.45) is 6.90. The van der Waals surface area contributed by atoms with Crippen molar-refractivity contribution in [3.05, 3.63) is 12.2 Å². The molecule has 4 heteroatoms. The van der Waals surface area contributed by atoms with Gasteiger partial charge in [0.25, 0.3) is 0 Å². The standard InChI is InChI=1S/C11H17NO3/c1-2-9(11(14)15)12-10(13)8-6-4-3-5-7-8/h3-4,8-9H,2,5-7H2,1H3,(H,12,13)(H,14,15)/t8?,9-/m0/s1. The number of rotatable bonds is 4. The van der Waals surface area contributed by atoms with Gasteiger partial charge in [-0.3, -0.25) is 4.79 Å². The van der Waals surface area contributed by atoms with Gasteiger partial charge in [0.15, 0.2) is 0 Å². The minimum atomic E-state index is -0.961. The first-order valence-corrected chi connectivity index (χ1v) is 5.33. The van der Waals surface area contributed by atoms with Crippen LogP contribution in [-0.2, 0) is 9.59 Å². The van der Waals surface area contributed by atoms with E-state index in [1.165, 1.54) is 0 Å². The van der Waals surface area contributed by atoms with E-state index in [1.54, 1.807) is 6.92 Å². The fraction of sp³-hybridized carbons (Fsp3) is 0.636. The van der Waals surface area contributed by atoms with Gasteiger partial charge in [0.05, 0.1) is 0 Å². The Bertz CT molecular complexity index is 273. The first kappa shape index (κ1) is 11.8. The van der Waals surface area contributed by atoms with Gasteiger partial charge in [-0.2, -0.15) is 0 Å². The Hall–Kier alpha value is -1.32. The van der Waals surface area contributed by atoms with Crippen LogP contribution in [0.4, 0.5) is 0 Å². The summed E-state index contributed by atoms with van der Waals surface area (Å²) in [6, 6.07) is -0.747. The summed E-state index contributed by atoms with van der Waals surface area (Å²) >= 11 is 0. The lowest BCUT2D eigenvalue weighted by Crippen LogP contribution is -2.43. The predicted octanol–water partition coefficient (Wildman–Crippen LogP) is 1.32. The van der Waals surface area contributed by atoms with Gasteiger partial charge in [-0.1, -0.05) is 19.1 Å². The van der Waals surface area contributed by atoms with Crippen LogP contribution in [0.1, 0.15) is 32.6 Å². The van der Waals surface area contributed by atoms with Crippen LogP contribution in [0, 0.1) is 5.92 Å². The zero-order valence-electron chi connectivity index (χ0n) is 8.90. The van der Waals surface area contributed by atoms with Crippen molar-refractivity contribution in [3.8, 4) is 0 Å². The van der Waals surface area contributed by atoms with Crippen LogP contribution in [0.5, 0.6) is 0 Å². The third-order valence-electron chi connectivity index (χ3n) is 2.66. The molecule has 0 heterocycles. The van der Waals surface area contributed by atoms with E-state index >= 15 is 0 Å². The number of nitrogens with one attached hydrogen (secondary N) is 1. The largest absolute Gasteiger partial charge is 0.480 e. The van der Waals surface area contributed by atoms with Gasteiger partial charge >= 0.3 is 5.97 Å². The molecule has 0 fully saturated rings. The van der Waals surface area contributed by atoms with Crippen LogP contribution in [0.15, 0.2) is 12.2 Å². The summed E-state index contributed by atoms with van der Waals surface area (Å²) in [7, 11) is 0. The summed E-state index contributed by atoms with van der Waals surface area (Å²) in [5.41, 5.74) is 0. The summed E-state index contributed by atoms with van der Waals surface area (Å²) in [5, 5.41) is 11.4. The molecule has 0 aliphatic heterocycles. The minimum absolute atomic E-state index is 0.0524. The molecule has 2 N–H and O–H groups in total. The molecule has 0 bridgehead atoms. The molecule has 0 saturated carbocycles. The molecule has 1 rings (SSSR count). The van der Waals surface area contributed by atoms with Crippen molar-refractivity contribution in [2.75, 3.05) is 0 Å². The van der Waals surface area contributed by atoms with Crippen LogP contribution < -0.4 is 5.32 Å². The Morgan fingerprint density at radius 1 is 1.53 bits per heavy atom. The highest BCUT2D eigenvalue weighted by atomic mass is 16.4. The highest BCUT2D eigenvalue weighted by Gasteiger charge is 2.23. The summed E-state index contributed by atoms with van der Waals surface area (Å²) < 4.78 is 0. The number of amides is 1. The second-order valence-electron chi connectivity index (χ2n) is 3.79. The maximum Gasteiger partial charge on any atom is 0.326 e. The molecule has 1 amide bonds. The topological polar surface area (TPSA) is 66.4 Å². The van der Waals surface area contributed by atoms with Gasteiger partial charge in [-0.05, 0) is 25.7 Å². The molecular weight excluding hydrogens is 194 g/mol. The van der Waals surface area contributed by atoms with E-state index in [0.717, 1.165) is 19.3 Å². The van der Waals surface area contributed by atoms with Gasteiger partial charge in [0.1, 0.15) is 6.04 Å². The van der Waals surface area contributed by atoms with Gasteiger partial charge in [0, 0.05) is 5.92 Å². The number of aliphatic carboxylic acids is 1. The number of allylic oxidation sites excluding steroid dienone is 2. The SMILES string of the molecule is CC[C@H](NC(=O)C1CC=CCC1)C(=O)O. The smallest absolute Gasteiger partial charge is 0.326 e. The van der Waals surface area contributed by atoms with Gasteiger partial charge in [0.2, 0.25) is 5.91 Å². The molecule has 1 aliphatic rings. The van der Waals surface area contributed by atoms with Crippen molar-refractivity contribution in [2.45, 2.75) is 38.6 Å². The fourth-order valence-electron chi connectivity index (χ4n) is 1.66. The van der Waals surface area contributed by atoms with E-state index in [2.05, 4.69) is 11.4 Å². The van der Waals surface area contributed by atoms with Crippen LogP contribution in [0.3, 0.4) is 0 Å². The van der Waals surface area contributed by atoms with Crippen molar-refractivity contribution in [1.82, 2.24) is 5.32 Å². The van der Waals surface area contributed by atoms with E-state index in [9.17, 15) is 9.59 Å². The summed E-state index contributed by atoms with van der Waals surface area (Å²) in [5.74, 6) is -1.14. The Balaban J connectivity index is 2.46. The van der Waals surface area contributed by atoms with E-state index in [-0.39, 0.29) is 11.8 Å². The van der Waals surface area contributed by atoms with Crippen molar-refractivity contribution < 1.29 is 14.7 Å². The Kier molecular flexibility index (Phi) is 4.34. The number of hydrogen-bond acceptors (Lipinski definition) is 2. The number of hydrogen-bond donors (Lipinski definition) is 2. The zero-order valence-corrected chi connectivity index (χ0v) is 8.90. The van der Waals surface area contributed by atoms with Crippen LogP contribution in [0.25, 0.3) is 0 Å². The highest BCUT2D eigenvalue weighted by molar-refractivity contribution is 5.85. The predicted molar refractivity (Wildman–Crippen MR) is 56.3 cm³/mol. The second-order valence-corrected chi connectivity index (χ2v) is 3.79. The monoisotopic (exact) mass is 211 g/mol. The molecule has 84 valence electrons. The van der Waals surface area contributed by atoms with Crippen molar-refractivity contribution >= 4 is 11.9 Å². The molecule has 0 spiro atoms. The van der Waals surface area contributed by atoms with Gasteiger partial charge < -0.3 is 10.4 Å². The summed E-state index contributed by atoms with van der Waals surface area (Å²) in [4.78, 5) is 22.4. The average molecular weight is 211 g/mol. The zero-order chi connectivity index (χ0) is 11.3. The molecule has 1 unspecified atom stereocenters. The van der Waals surface area contributed by atoms with E-state index in [0.29, 0.717) is 6.42 Å². The van der Waals surface area contributed by atoms with Gasteiger partial charge in [-0.15, -0.1) is 0 Å². The molecule has 15 heavy (non-hydrogen) atoms. The fourth-order valence-corrected chi connectivity index (χ4v) is 1.66. The third-order valence-corrected chi connectivity index (χ3v) is 2.66. The Morgan fingerprint density at radius 3 is 2.73 bits per heavy atom. The molecule has 0 radical (unpaired) electrons. The Labute approximate surface area is 89.4 Å². The first-order valence-electron chi connectivity index (χ1n) is 5.33. The molecule has 4 nitrogen and oxygen atoms in total. The lowest BCUT2D eigenvalue weighted by Gasteiger charge is -2.20. The second kappa shape index (κ2) is 5.53. The number of carbonyl (C=O) groups is 2. The lowest BCUT2D eigenvalue weighted by atomic mass is 9.93. The van der Waals surface area contributed by atoms with Crippen molar-refractivity contribution in [2.24, 2.45) is 5.92 Å². The maximum absolute atomic E-state index is 11.7. The maximum atomic E-state index is 11.7. The molecular formula is C11H17NO3. The lowest BCUT2D eigenvalue weighted by molar-refractivity contribution is -0.142. The van der Waals surface area contributed by atoms with E-state index in [4.69, 9.17) is 5.11 Å². The van der Waals surface area contributed by atoms with Crippen molar-refractivity contribution in [3.63, 3.8) is 0 Å². The third kappa shape index (κ3) is 3.38. The van der Waals surface area contributed by atoms with Crippen molar-refractivity contribution in [1.29, 1.82) is 0 Å². The normalized spacial score (nSPS) is 22.1. The van der Waals surface area contributed by atoms with Crippen LogP contribution in [-0.4, -0.2) is 23.0 Å². The summed E-state index contributed by atoms with van der Waals surface area (Å²) in [6.45, 7) is 1.75. The molecule has 0 aromatic heterocycles. The van der Waals surface area contributed by atoms with E-state index in [1.807, 2.05) is 6.08 Å².